The molecule has 1 aromatic carbocycles. The van der Waals surface area contributed by atoms with Crippen LogP contribution < -0.4 is 0 Å². The average molecular weight is 260 g/mol. The molecule has 4 heteroatoms. The number of rotatable bonds is 4. The lowest BCUT2D eigenvalue weighted by Gasteiger charge is -2.18. The highest BCUT2D eigenvalue weighted by molar-refractivity contribution is 5.85. The van der Waals surface area contributed by atoms with Crippen LogP contribution in [0.4, 0.5) is 4.79 Å². The minimum Gasteiger partial charge on any atom is -0.319 e. The Kier molecular flexibility index (Phi) is 3.88. The first-order valence-corrected chi connectivity index (χ1v) is 6.63. The van der Waals surface area contributed by atoms with Crippen LogP contribution in [0.3, 0.4) is 0 Å². The van der Waals surface area contributed by atoms with Crippen LogP contribution in [0.5, 0.6) is 0 Å². The van der Waals surface area contributed by atoms with Gasteiger partial charge in [0, 0.05) is 13.6 Å². The molecule has 1 atom stereocenters. The van der Waals surface area contributed by atoms with Crippen molar-refractivity contribution in [2.45, 2.75) is 26.3 Å². The van der Waals surface area contributed by atoms with Crippen molar-refractivity contribution < 1.29 is 9.59 Å². The van der Waals surface area contributed by atoms with Crippen molar-refractivity contribution in [1.29, 1.82) is 0 Å². The topological polar surface area (TPSA) is 40.6 Å². The van der Waals surface area contributed by atoms with Crippen molar-refractivity contribution in [3.63, 3.8) is 0 Å². The standard InChI is InChI=1S/C15H20N2O2/c1-4-12-5-7-13(8-6-12)14-10-17(9-11(2)18)15(19)16(14)3/h5-8,14H,4,9-10H2,1-3H3. The molecular weight excluding hydrogens is 240 g/mol. The molecule has 1 aliphatic rings. The third kappa shape index (κ3) is 2.78. The molecule has 4 nitrogen and oxygen atoms in total. The van der Waals surface area contributed by atoms with Crippen molar-refractivity contribution in [3.05, 3.63) is 35.4 Å². The molecule has 0 aromatic heterocycles. The lowest BCUT2D eigenvalue weighted by Crippen LogP contribution is -2.32. The quantitative estimate of drug-likeness (QED) is 0.833. The van der Waals surface area contributed by atoms with E-state index in [2.05, 4.69) is 31.2 Å². The normalized spacial score (nSPS) is 19.1. The Morgan fingerprint density at radius 1 is 1.32 bits per heavy atom. The molecule has 0 bridgehead atoms. The molecular formula is C15H20N2O2. The van der Waals surface area contributed by atoms with Crippen LogP contribution in [0.1, 0.15) is 31.0 Å². The number of nitrogens with zero attached hydrogens (tertiary/aromatic N) is 2. The van der Waals surface area contributed by atoms with Crippen LogP contribution >= 0.6 is 0 Å². The molecule has 0 saturated carbocycles. The van der Waals surface area contributed by atoms with Gasteiger partial charge in [0.25, 0.3) is 0 Å². The SMILES string of the molecule is CCc1ccc(C2CN(CC(C)=O)C(=O)N2C)cc1. The highest BCUT2D eigenvalue weighted by Gasteiger charge is 2.35. The Hall–Kier alpha value is -1.84. The smallest absolute Gasteiger partial charge is 0.319 e. The first-order valence-electron chi connectivity index (χ1n) is 6.63. The highest BCUT2D eigenvalue weighted by Crippen LogP contribution is 2.28. The number of urea groups is 1. The fourth-order valence-electron chi connectivity index (χ4n) is 2.47. The number of carbonyl (C=O) groups is 2. The summed E-state index contributed by atoms with van der Waals surface area (Å²) in [7, 11) is 1.79. The van der Waals surface area contributed by atoms with E-state index in [0.717, 1.165) is 12.0 Å². The zero-order valence-electron chi connectivity index (χ0n) is 11.7. The second-order valence-electron chi connectivity index (χ2n) is 5.09. The summed E-state index contributed by atoms with van der Waals surface area (Å²) in [6, 6.07) is 8.31. The van der Waals surface area contributed by atoms with Gasteiger partial charge < -0.3 is 9.80 Å². The van der Waals surface area contributed by atoms with E-state index in [4.69, 9.17) is 0 Å². The molecule has 2 rings (SSSR count). The second-order valence-corrected chi connectivity index (χ2v) is 5.09. The molecule has 1 saturated heterocycles. The summed E-state index contributed by atoms with van der Waals surface area (Å²) in [5.41, 5.74) is 2.41. The van der Waals surface area contributed by atoms with Gasteiger partial charge in [0.15, 0.2) is 0 Å². The van der Waals surface area contributed by atoms with E-state index in [9.17, 15) is 9.59 Å². The van der Waals surface area contributed by atoms with Crippen LogP contribution in [-0.4, -0.2) is 41.8 Å². The summed E-state index contributed by atoms with van der Waals surface area (Å²) in [5, 5.41) is 0. The van der Waals surface area contributed by atoms with E-state index in [0.29, 0.717) is 6.54 Å². The van der Waals surface area contributed by atoms with Crippen molar-refractivity contribution in [3.8, 4) is 0 Å². The van der Waals surface area contributed by atoms with Crippen LogP contribution in [-0.2, 0) is 11.2 Å². The number of ketones is 1. The van der Waals surface area contributed by atoms with Crippen molar-refractivity contribution in [2.24, 2.45) is 0 Å². The third-order valence-corrected chi connectivity index (χ3v) is 3.62. The predicted octanol–water partition coefficient (Wildman–Crippen LogP) is 2.25. The van der Waals surface area contributed by atoms with Crippen LogP contribution in [0, 0.1) is 0 Å². The number of hydrogen-bond acceptors (Lipinski definition) is 2. The van der Waals surface area contributed by atoms with E-state index in [1.165, 1.54) is 12.5 Å². The molecule has 19 heavy (non-hydrogen) atoms. The number of amides is 2. The number of likely N-dealkylation sites (N-methyl/N-ethyl adjacent to an activating group) is 1. The summed E-state index contributed by atoms with van der Waals surface area (Å²) in [6.07, 6.45) is 1.01. The van der Waals surface area contributed by atoms with Gasteiger partial charge in [-0.05, 0) is 24.5 Å². The Bertz CT molecular complexity index is 481. The minimum absolute atomic E-state index is 0.0173. The largest absolute Gasteiger partial charge is 0.320 e. The maximum Gasteiger partial charge on any atom is 0.320 e. The van der Waals surface area contributed by atoms with E-state index in [1.807, 2.05) is 0 Å². The van der Waals surface area contributed by atoms with Gasteiger partial charge in [0.05, 0.1) is 12.6 Å². The molecule has 1 aromatic rings. The molecule has 0 aliphatic carbocycles. The Morgan fingerprint density at radius 2 is 1.95 bits per heavy atom. The van der Waals surface area contributed by atoms with Gasteiger partial charge in [-0.3, -0.25) is 4.79 Å². The van der Waals surface area contributed by atoms with Gasteiger partial charge in [-0.25, -0.2) is 4.79 Å². The average Bonchev–Trinajstić information content (AvgIpc) is 2.67. The lowest BCUT2D eigenvalue weighted by atomic mass is 10.0. The van der Waals surface area contributed by atoms with Crippen molar-refractivity contribution in [1.82, 2.24) is 9.80 Å². The number of carbonyl (C=O) groups excluding carboxylic acids is 2. The summed E-state index contributed by atoms with van der Waals surface area (Å²) in [6.45, 7) is 4.42. The van der Waals surface area contributed by atoms with Crippen LogP contribution in [0.15, 0.2) is 24.3 Å². The number of benzene rings is 1. The van der Waals surface area contributed by atoms with Gasteiger partial charge in [0.2, 0.25) is 0 Å². The monoisotopic (exact) mass is 260 g/mol. The molecule has 102 valence electrons. The first kappa shape index (κ1) is 13.6. The lowest BCUT2D eigenvalue weighted by molar-refractivity contribution is -0.117. The number of hydrogen-bond donors (Lipinski definition) is 0. The second kappa shape index (κ2) is 5.43. The van der Waals surface area contributed by atoms with Crippen molar-refractivity contribution in [2.75, 3.05) is 20.1 Å². The van der Waals surface area contributed by atoms with E-state index < -0.39 is 0 Å². The van der Waals surface area contributed by atoms with E-state index >= 15 is 0 Å². The molecule has 0 radical (unpaired) electrons. The number of aryl methyl sites for hydroxylation is 1. The summed E-state index contributed by atoms with van der Waals surface area (Å²) >= 11 is 0. The van der Waals surface area contributed by atoms with Crippen molar-refractivity contribution >= 4 is 11.8 Å². The fraction of sp³-hybridized carbons (Fsp3) is 0.467. The van der Waals surface area contributed by atoms with Gasteiger partial charge in [-0.1, -0.05) is 31.2 Å². The molecule has 1 heterocycles. The molecule has 1 unspecified atom stereocenters. The van der Waals surface area contributed by atoms with E-state index in [-0.39, 0.29) is 24.4 Å². The Balaban J connectivity index is 2.16. The molecule has 0 spiro atoms. The van der Waals surface area contributed by atoms with Gasteiger partial charge in [-0.15, -0.1) is 0 Å². The maximum absolute atomic E-state index is 12.0. The van der Waals surface area contributed by atoms with Gasteiger partial charge in [-0.2, -0.15) is 0 Å². The zero-order chi connectivity index (χ0) is 14.0. The van der Waals surface area contributed by atoms with E-state index in [1.54, 1.807) is 16.8 Å². The third-order valence-electron chi connectivity index (χ3n) is 3.62. The number of Topliss-reactive ketones (excluding diaryl/α,β-unsaturated/α-hetero) is 1. The molecule has 1 fully saturated rings. The molecule has 0 N–H and O–H groups in total. The fourth-order valence-corrected chi connectivity index (χ4v) is 2.47. The van der Waals surface area contributed by atoms with Crippen LogP contribution in [0.2, 0.25) is 0 Å². The summed E-state index contributed by atoms with van der Waals surface area (Å²) in [4.78, 5) is 26.5. The Labute approximate surface area is 114 Å². The van der Waals surface area contributed by atoms with Gasteiger partial charge >= 0.3 is 6.03 Å². The highest BCUT2D eigenvalue weighted by atomic mass is 16.2. The minimum atomic E-state index is -0.0697. The molecule has 1 aliphatic heterocycles. The van der Waals surface area contributed by atoms with Gasteiger partial charge in [0.1, 0.15) is 5.78 Å². The Morgan fingerprint density at radius 3 is 2.47 bits per heavy atom. The summed E-state index contributed by atoms with van der Waals surface area (Å²) in [5.74, 6) is 0.0173. The van der Waals surface area contributed by atoms with Crippen LogP contribution in [0.25, 0.3) is 0 Å². The first-order chi connectivity index (χ1) is 9.02. The summed E-state index contributed by atoms with van der Waals surface area (Å²) < 4.78 is 0. The maximum atomic E-state index is 12.0. The predicted molar refractivity (Wildman–Crippen MR) is 74.0 cm³/mol. The molecule has 2 amide bonds. The zero-order valence-corrected chi connectivity index (χ0v) is 11.7.